The minimum atomic E-state index is -4.27. The standard InChI is InChI=1S/C11H25O4P.C2H6O/c1-2-3-4-5-6-7-8-9-10-11(12)16(13,14)15;1-2-3/h11-12H,2-10H2,1H3,(H2,13,14,15);3H,2H2,1H3. The van der Waals surface area contributed by atoms with Gasteiger partial charge >= 0.3 is 7.60 Å². The second-order valence-corrected chi connectivity index (χ2v) is 6.42. The van der Waals surface area contributed by atoms with E-state index in [1.807, 2.05) is 0 Å². The number of unbranched alkanes of at least 4 members (excludes halogenated alkanes) is 7. The summed E-state index contributed by atoms with van der Waals surface area (Å²) in [5.41, 5.74) is 0. The van der Waals surface area contributed by atoms with Gasteiger partial charge in [0.25, 0.3) is 0 Å². The Morgan fingerprint density at radius 1 is 0.895 bits per heavy atom. The molecule has 0 aliphatic rings. The topological polar surface area (TPSA) is 98.0 Å². The summed E-state index contributed by atoms with van der Waals surface area (Å²) < 4.78 is 10.6. The van der Waals surface area contributed by atoms with Crippen molar-refractivity contribution in [3.63, 3.8) is 0 Å². The maximum atomic E-state index is 10.6. The van der Waals surface area contributed by atoms with E-state index in [1.54, 1.807) is 6.92 Å². The molecule has 0 heterocycles. The Balaban J connectivity index is 0. The van der Waals surface area contributed by atoms with Crippen LogP contribution in [-0.4, -0.2) is 32.5 Å². The fourth-order valence-corrected chi connectivity index (χ4v) is 2.15. The van der Waals surface area contributed by atoms with Crippen LogP contribution in [0.2, 0.25) is 0 Å². The first-order chi connectivity index (χ1) is 8.90. The van der Waals surface area contributed by atoms with E-state index in [-0.39, 0.29) is 13.0 Å². The zero-order chi connectivity index (χ0) is 15.1. The van der Waals surface area contributed by atoms with Crippen molar-refractivity contribution in [2.75, 3.05) is 6.61 Å². The van der Waals surface area contributed by atoms with E-state index in [0.29, 0.717) is 6.42 Å². The molecule has 0 saturated heterocycles. The van der Waals surface area contributed by atoms with Crippen LogP contribution in [0.5, 0.6) is 0 Å². The van der Waals surface area contributed by atoms with Gasteiger partial charge in [0.15, 0.2) is 5.85 Å². The van der Waals surface area contributed by atoms with Gasteiger partial charge in [0, 0.05) is 6.61 Å². The molecule has 0 bridgehead atoms. The van der Waals surface area contributed by atoms with Gasteiger partial charge in [0.05, 0.1) is 0 Å². The second-order valence-electron chi connectivity index (χ2n) is 4.65. The van der Waals surface area contributed by atoms with Crippen molar-refractivity contribution < 1.29 is 24.6 Å². The SMILES string of the molecule is CCCCCCCCCCC(O)P(=O)(O)O.CCO. The van der Waals surface area contributed by atoms with Gasteiger partial charge in [-0.2, -0.15) is 0 Å². The normalized spacial score (nSPS) is 12.7. The molecule has 19 heavy (non-hydrogen) atoms. The van der Waals surface area contributed by atoms with Gasteiger partial charge in [-0.3, -0.25) is 4.57 Å². The van der Waals surface area contributed by atoms with Crippen molar-refractivity contribution in [1.82, 2.24) is 0 Å². The van der Waals surface area contributed by atoms with Gasteiger partial charge in [-0.25, -0.2) is 0 Å². The second kappa shape index (κ2) is 14.5. The minimum Gasteiger partial charge on any atom is -0.397 e. The van der Waals surface area contributed by atoms with Crippen molar-refractivity contribution in [1.29, 1.82) is 0 Å². The van der Waals surface area contributed by atoms with Crippen molar-refractivity contribution in [3.05, 3.63) is 0 Å². The molecule has 0 aliphatic carbocycles. The highest BCUT2D eigenvalue weighted by Gasteiger charge is 2.24. The number of aliphatic hydroxyl groups excluding tert-OH is 2. The summed E-state index contributed by atoms with van der Waals surface area (Å²) in [6, 6.07) is 0. The van der Waals surface area contributed by atoms with Crippen LogP contribution >= 0.6 is 7.60 Å². The predicted molar refractivity (Wildman–Crippen MR) is 78.0 cm³/mol. The lowest BCUT2D eigenvalue weighted by Crippen LogP contribution is -2.06. The Bertz CT molecular complexity index is 217. The van der Waals surface area contributed by atoms with Crippen molar-refractivity contribution >= 4 is 7.60 Å². The number of aliphatic hydroxyl groups is 2. The van der Waals surface area contributed by atoms with Crippen molar-refractivity contribution in [2.45, 2.75) is 77.5 Å². The average molecular weight is 298 g/mol. The quantitative estimate of drug-likeness (QED) is 0.367. The maximum Gasteiger partial charge on any atom is 0.353 e. The smallest absolute Gasteiger partial charge is 0.353 e. The lowest BCUT2D eigenvalue weighted by atomic mass is 10.1. The number of hydrogen-bond donors (Lipinski definition) is 4. The first-order valence-electron chi connectivity index (χ1n) is 7.24. The molecule has 0 saturated carbocycles. The summed E-state index contributed by atoms with van der Waals surface area (Å²) >= 11 is 0. The van der Waals surface area contributed by atoms with Gasteiger partial charge < -0.3 is 20.0 Å². The molecule has 0 aromatic rings. The molecular weight excluding hydrogens is 267 g/mol. The van der Waals surface area contributed by atoms with E-state index >= 15 is 0 Å². The number of hydrogen-bond acceptors (Lipinski definition) is 3. The largest absolute Gasteiger partial charge is 0.397 e. The van der Waals surface area contributed by atoms with Crippen LogP contribution in [0.1, 0.15) is 71.6 Å². The Hall–Kier alpha value is 0.0700. The molecule has 0 aromatic heterocycles. The molecule has 1 atom stereocenters. The summed E-state index contributed by atoms with van der Waals surface area (Å²) in [5.74, 6) is -1.47. The van der Waals surface area contributed by atoms with Crippen LogP contribution in [0.25, 0.3) is 0 Å². The van der Waals surface area contributed by atoms with E-state index in [1.165, 1.54) is 32.1 Å². The maximum absolute atomic E-state index is 10.6. The Kier molecular flexibility index (Phi) is 16.3. The van der Waals surface area contributed by atoms with Crippen LogP contribution in [-0.2, 0) is 4.57 Å². The molecule has 0 rings (SSSR count). The molecule has 1 unspecified atom stereocenters. The first kappa shape index (κ1) is 21.4. The van der Waals surface area contributed by atoms with Crippen LogP contribution < -0.4 is 0 Å². The molecule has 118 valence electrons. The molecule has 0 aliphatic heterocycles. The highest BCUT2D eigenvalue weighted by molar-refractivity contribution is 7.52. The van der Waals surface area contributed by atoms with Crippen LogP contribution in [0, 0.1) is 0 Å². The third-order valence-electron chi connectivity index (χ3n) is 2.70. The molecule has 0 spiro atoms. The van der Waals surface area contributed by atoms with Crippen LogP contribution in [0.15, 0.2) is 0 Å². The summed E-state index contributed by atoms with van der Waals surface area (Å²) in [7, 11) is -4.27. The third kappa shape index (κ3) is 18.1. The Morgan fingerprint density at radius 3 is 1.63 bits per heavy atom. The highest BCUT2D eigenvalue weighted by Crippen LogP contribution is 2.41. The van der Waals surface area contributed by atoms with Crippen molar-refractivity contribution in [3.8, 4) is 0 Å². The zero-order valence-corrected chi connectivity index (χ0v) is 13.2. The molecule has 6 heteroatoms. The Morgan fingerprint density at radius 2 is 1.26 bits per heavy atom. The summed E-state index contributed by atoms with van der Waals surface area (Å²) in [6.45, 7) is 4.11. The monoisotopic (exact) mass is 298 g/mol. The van der Waals surface area contributed by atoms with Gasteiger partial charge in [-0.1, -0.05) is 58.3 Å². The highest BCUT2D eigenvalue weighted by atomic mass is 31.2. The molecule has 0 radical (unpaired) electrons. The lowest BCUT2D eigenvalue weighted by Gasteiger charge is -2.11. The molecule has 0 aromatic carbocycles. The van der Waals surface area contributed by atoms with Gasteiger partial charge in [0.1, 0.15) is 0 Å². The molecule has 5 nitrogen and oxygen atoms in total. The average Bonchev–Trinajstić information content (AvgIpc) is 2.32. The summed E-state index contributed by atoms with van der Waals surface area (Å²) in [5, 5.41) is 16.7. The van der Waals surface area contributed by atoms with Gasteiger partial charge in [0.2, 0.25) is 0 Å². The molecule has 4 N–H and O–H groups in total. The first-order valence-corrected chi connectivity index (χ1v) is 8.92. The van der Waals surface area contributed by atoms with E-state index in [4.69, 9.17) is 20.0 Å². The lowest BCUT2D eigenvalue weighted by molar-refractivity contribution is 0.190. The van der Waals surface area contributed by atoms with E-state index in [2.05, 4.69) is 6.92 Å². The fraction of sp³-hybridized carbons (Fsp3) is 1.00. The third-order valence-corrected chi connectivity index (χ3v) is 3.74. The predicted octanol–water partition coefficient (Wildman–Crippen LogP) is 3.01. The van der Waals surface area contributed by atoms with E-state index in [0.717, 1.165) is 12.8 Å². The van der Waals surface area contributed by atoms with Gasteiger partial charge in [-0.15, -0.1) is 0 Å². The molecule has 0 fully saturated rings. The zero-order valence-electron chi connectivity index (χ0n) is 12.3. The van der Waals surface area contributed by atoms with Crippen LogP contribution in [0.4, 0.5) is 0 Å². The molecule has 0 amide bonds. The van der Waals surface area contributed by atoms with Crippen LogP contribution in [0.3, 0.4) is 0 Å². The van der Waals surface area contributed by atoms with Gasteiger partial charge in [-0.05, 0) is 13.3 Å². The van der Waals surface area contributed by atoms with E-state index < -0.39 is 13.4 Å². The fourth-order valence-electron chi connectivity index (χ4n) is 1.63. The summed E-state index contributed by atoms with van der Waals surface area (Å²) in [6.07, 6.45) is 9.19. The summed E-state index contributed by atoms with van der Waals surface area (Å²) in [4.78, 5) is 17.3. The number of rotatable bonds is 10. The van der Waals surface area contributed by atoms with Crippen molar-refractivity contribution in [2.24, 2.45) is 0 Å². The Labute approximate surface area is 117 Å². The van der Waals surface area contributed by atoms with E-state index in [9.17, 15) is 4.57 Å². The molecular formula is C13H31O5P. The minimum absolute atomic E-state index is 0.208.